The predicted octanol–water partition coefficient (Wildman–Crippen LogP) is 6.42. The summed E-state index contributed by atoms with van der Waals surface area (Å²) in [7, 11) is 0. The van der Waals surface area contributed by atoms with Gasteiger partial charge in [0.15, 0.2) is 6.10 Å². The van der Waals surface area contributed by atoms with Crippen LogP contribution in [-0.4, -0.2) is 55.1 Å². The van der Waals surface area contributed by atoms with E-state index < -0.39 is 55.1 Å². The maximum atomic E-state index is 13.6. The summed E-state index contributed by atoms with van der Waals surface area (Å²) < 4.78 is 29.2. The standard InChI is InChI=1S/C39H34O9/c1-2-3-4-8-17-27-18-15-16-25-31(27)38(43)48-39-34(47-37(42)30-23-13-7-14-24-30)33(46-36(41)29-21-11-6-12-22-29)32(45-39)26-44-35(40)28-19-9-5-10-20-28/h5-7,9-16,18-25,32-34,39H,2-4,26H2,1H3. The number of ether oxygens (including phenoxy) is 5. The van der Waals surface area contributed by atoms with Gasteiger partial charge in [-0.25, -0.2) is 19.2 Å². The van der Waals surface area contributed by atoms with Gasteiger partial charge in [0.25, 0.3) is 0 Å². The van der Waals surface area contributed by atoms with Crippen molar-refractivity contribution >= 4 is 23.9 Å². The Morgan fingerprint density at radius 3 is 1.73 bits per heavy atom. The van der Waals surface area contributed by atoms with Crippen molar-refractivity contribution in [2.45, 2.75) is 50.8 Å². The fourth-order valence-corrected chi connectivity index (χ4v) is 4.90. The van der Waals surface area contributed by atoms with E-state index in [2.05, 4.69) is 18.8 Å². The zero-order chi connectivity index (χ0) is 33.7. The topological polar surface area (TPSA) is 114 Å². The molecule has 0 aliphatic carbocycles. The molecule has 1 heterocycles. The Morgan fingerprint density at radius 1 is 0.625 bits per heavy atom. The van der Waals surface area contributed by atoms with Gasteiger partial charge in [-0.3, -0.25) is 0 Å². The molecule has 0 bridgehead atoms. The molecule has 0 aromatic heterocycles. The maximum Gasteiger partial charge on any atom is 0.341 e. The van der Waals surface area contributed by atoms with E-state index in [0.717, 1.165) is 12.8 Å². The number of carbonyl (C=O) groups excluding carboxylic acids is 4. The largest absolute Gasteiger partial charge is 0.459 e. The highest BCUT2D eigenvalue weighted by atomic mass is 16.8. The summed E-state index contributed by atoms with van der Waals surface area (Å²) in [6, 6.07) is 31.4. The second kappa shape index (κ2) is 16.7. The number of rotatable bonds is 11. The normalized spacial score (nSPS) is 18.1. The smallest absolute Gasteiger partial charge is 0.341 e. The van der Waals surface area contributed by atoms with Crippen LogP contribution in [0.1, 0.15) is 73.2 Å². The van der Waals surface area contributed by atoms with Crippen molar-refractivity contribution < 1.29 is 42.9 Å². The molecular weight excluding hydrogens is 612 g/mol. The molecule has 5 rings (SSSR count). The first-order chi connectivity index (χ1) is 23.4. The highest BCUT2D eigenvalue weighted by Gasteiger charge is 2.52. The van der Waals surface area contributed by atoms with E-state index in [1.807, 2.05) is 0 Å². The molecule has 4 atom stereocenters. The summed E-state index contributed by atoms with van der Waals surface area (Å²) in [4.78, 5) is 53.1. The van der Waals surface area contributed by atoms with Crippen LogP contribution in [0.15, 0.2) is 115 Å². The van der Waals surface area contributed by atoms with Crippen molar-refractivity contribution in [2.24, 2.45) is 0 Å². The molecule has 244 valence electrons. The average Bonchev–Trinajstić information content (AvgIpc) is 3.44. The first-order valence-corrected chi connectivity index (χ1v) is 15.6. The van der Waals surface area contributed by atoms with Gasteiger partial charge in [-0.1, -0.05) is 91.9 Å². The van der Waals surface area contributed by atoms with Gasteiger partial charge in [0.05, 0.1) is 22.3 Å². The quantitative estimate of drug-likeness (QED) is 0.0788. The molecule has 9 heteroatoms. The third-order valence-corrected chi connectivity index (χ3v) is 7.41. The van der Waals surface area contributed by atoms with Crippen LogP contribution in [0.3, 0.4) is 0 Å². The number of benzene rings is 4. The molecule has 0 amide bonds. The number of hydrogen-bond acceptors (Lipinski definition) is 9. The summed E-state index contributed by atoms with van der Waals surface area (Å²) in [6.07, 6.45) is -2.92. The van der Waals surface area contributed by atoms with E-state index in [-0.39, 0.29) is 16.7 Å². The Bertz CT molecular complexity index is 1760. The average molecular weight is 647 g/mol. The van der Waals surface area contributed by atoms with Crippen LogP contribution in [0.2, 0.25) is 0 Å². The van der Waals surface area contributed by atoms with E-state index in [0.29, 0.717) is 17.5 Å². The van der Waals surface area contributed by atoms with E-state index in [1.54, 1.807) is 115 Å². The molecule has 0 spiro atoms. The van der Waals surface area contributed by atoms with Crippen molar-refractivity contribution in [3.63, 3.8) is 0 Å². The zero-order valence-electron chi connectivity index (χ0n) is 26.3. The predicted molar refractivity (Wildman–Crippen MR) is 175 cm³/mol. The molecule has 9 nitrogen and oxygen atoms in total. The Kier molecular flexibility index (Phi) is 11.7. The lowest BCUT2D eigenvalue weighted by molar-refractivity contribution is -0.141. The summed E-state index contributed by atoms with van der Waals surface area (Å²) in [6.45, 7) is 1.66. The highest BCUT2D eigenvalue weighted by molar-refractivity contribution is 5.93. The van der Waals surface area contributed by atoms with Crippen molar-refractivity contribution in [3.05, 3.63) is 143 Å². The number of unbranched alkanes of at least 4 members (excludes halogenated alkanes) is 2. The molecule has 4 aromatic carbocycles. The van der Waals surface area contributed by atoms with Crippen molar-refractivity contribution in [2.75, 3.05) is 6.61 Å². The van der Waals surface area contributed by atoms with Gasteiger partial charge in [-0.15, -0.1) is 0 Å². The molecule has 48 heavy (non-hydrogen) atoms. The summed E-state index contributed by atoms with van der Waals surface area (Å²) in [5, 5.41) is 0. The molecule has 0 saturated carbocycles. The molecule has 1 fully saturated rings. The second-order valence-electron chi connectivity index (χ2n) is 10.8. The highest BCUT2D eigenvalue weighted by Crippen LogP contribution is 2.31. The van der Waals surface area contributed by atoms with Crippen molar-refractivity contribution in [1.82, 2.24) is 0 Å². The first-order valence-electron chi connectivity index (χ1n) is 15.6. The SMILES string of the molecule is CCCCC#Cc1ccccc1C(=O)OC1OC(COC(=O)c2ccccc2)C(OC(=O)c2ccccc2)C1OC(=O)c1ccccc1. The first kappa shape index (κ1) is 33.6. The molecule has 1 aliphatic rings. The zero-order valence-corrected chi connectivity index (χ0v) is 26.3. The minimum Gasteiger partial charge on any atom is -0.459 e. The maximum absolute atomic E-state index is 13.6. The van der Waals surface area contributed by atoms with Crippen LogP contribution in [0, 0.1) is 11.8 Å². The van der Waals surface area contributed by atoms with Crippen LogP contribution in [0.25, 0.3) is 0 Å². The van der Waals surface area contributed by atoms with Crippen LogP contribution in [0.5, 0.6) is 0 Å². The minimum absolute atomic E-state index is 0.176. The van der Waals surface area contributed by atoms with Gasteiger partial charge < -0.3 is 23.7 Å². The van der Waals surface area contributed by atoms with Gasteiger partial charge in [-0.2, -0.15) is 0 Å². The van der Waals surface area contributed by atoms with Crippen LogP contribution >= 0.6 is 0 Å². The van der Waals surface area contributed by atoms with Crippen LogP contribution in [0.4, 0.5) is 0 Å². The summed E-state index contributed by atoms with van der Waals surface area (Å²) >= 11 is 0. The molecule has 0 N–H and O–H groups in total. The van der Waals surface area contributed by atoms with E-state index in [9.17, 15) is 19.2 Å². The Balaban J connectivity index is 1.45. The van der Waals surface area contributed by atoms with Gasteiger partial charge in [0, 0.05) is 12.0 Å². The molecule has 1 saturated heterocycles. The van der Waals surface area contributed by atoms with Crippen LogP contribution in [-0.2, 0) is 23.7 Å². The molecule has 4 aromatic rings. The Morgan fingerprint density at radius 2 is 1.15 bits per heavy atom. The molecular formula is C39H34O9. The third kappa shape index (κ3) is 8.75. The second-order valence-corrected chi connectivity index (χ2v) is 10.8. The lowest BCUT2D eigenvalue weighted by Crippen LogP contribution is -2.43. The lowest BCUT2D eigenvalue weighted by Gasteiger charge is -2.24. The van der Waals surface area contributed by atoms with Gasteiger partial charge in [0.1, 0.15) is 12.7 Å². The summed E-state index contributed by atoms with van der Waals surface area (Å²) in [5.74, 6) is 3.14. The van der Waals surface area contributed by atoms with Crippen LogP contribution < -0.4 is 0 Å². The fourth-order valence-electron chi connectivity index (χ4n) is 4.90. The fraction of sp³-hybridized carbons (Fsp3) is 0.231. The van der Waals surface area contributed by atoms with Gasteiger partial charge in [0.2, 0.25) is 12.4 Å². The van der Waals surface area contributed by atoms with Crippen molar-refractivity contribution in [1.29, 1.82) is 0 Å². The van der Waals surface area contributed by atoms with Crippen molar-refractivity contribution in [3.8, 4) is 11.8 Å². The minimum atomic E-state index is -1.54. The summed E-state index contributed by atoms with van der Waals surface area (Å²) in [5.41, 5.74) is 1.36. The van der Waals surface area contributed by atoms with Gasteiger partial charge >= 0.3 is 23.9 Å². The molecule has 1 aliphatic heterocycles. The molecule has 4 unspecified atom stereocenters. The monoisotopic (exact) mass is 646 g/mol. The lowest BCUT2D eigenvalue weighted by atomic mass is 10.1. The molecule has 0 radical (unpaired) electrons. The number of hydrogen-bond donors (Lipinski definition) is 0. The third-order valence-electron chi connectivity index (χ3n) is 7.41. The Hall–Kier alpha value is -5.72. The number of carbonyl (C=O) groups is 4. The van der Waals surface area contributed by atoms with E-state index >= 15 is 0 Å². The van der Waals surface area contributed by atoms with E-state index in [1.165, 1.54) is 0 Å². The Labute approximate surface area is 278 Å². The van der Waals surface area contributed by atoms with E-state index in [4.69, 9.17) is 23.7 Å². The van der Waals surface area contributed by atoms with Gasteiger partial charge in [-0.05, 0) is 55.0 Å². The number of esters is 4.